The lowest BCUT2D eigenvalue weighted by Gasteiger charge is -2.27. The molecule has 190 valence electrons. The van der Waals surface area contributed by atoms with E-state index in [-0.39, 0.29) is 36.1 Å². The van der Waals surface area contributed by atoms with Gasteiger partial charge in [-0.25, -0.2) is 0 Å². The number of primary amides is 1. The minimum Gasteiger partial charge on any atom is -0.369 e. The fraction of sp³-hybridized carbons (Fsp3) is 0.923. The SMILES string of the molecule is CCCCCCCCCCN(CCCCCCCCCC)C(=O)C1CNCC1C(N)=O.Cl. The Labute approximate surface area is 204 Å². The van der Waals surface area contributed by atoms with Gasteiger partial charge < -0.3 is 16.0 Å². The monoisotopic (exact) mass is 473 g/mol. The van der Waals surface area contributed by atoms with Crippen LogP contribution in [0.3, 0.4) is 0 Å². The van der Waals surface area contributed by atoms with Gasteiger partial charge in [0.25, 0.3) is 0 Å². The van der Waals surface area contributed by atoms with Gasteiger partial charge >= 0.3 is 0 Å². The van der Waals surface area contributed by atoms with Crippen molar-refractivity contribution in [2.45, 2.75) is 117 Å². The molecule has 2 amide bonds. The molecule has 1 aliphatic rings. The summed E-state index contributed by atoms with van der Waals surface area (Å²) in [5.41, 5.74) is 5.56. The molecule has 32 heavy (non-hydrogen) atoms. The highest BCUT2D eigenvalue weighted by Gasteiger charge is 2.38. The summed E-state index contributed by atoms with van der Waals surface area (Å²) >= 11 is 0. The molecule has 1 saturated heterocycles. The molecule has 0 bridgehead atoms. The van der Waals surface area contributed by atoms with Crippen LogP contribution in [0.15, 0.2) is 0 Å². The van der Waals surface area contributed by atoms with Crippen molar-refractivity contribution in [3.05, 3.63) is 0 Å². The van der Waals surface area contributed by atoms with Crippen LogP contribution >= 0.6 is 12.4 Å². The predicted molar refractivity (Wildman–Crippen MR) is 138 cm³/mol. The number of nitrogens with one attached hydrogen (secondary N) is 1. The number of halogens is 1. The van der Waals surface area contributed by atoms with Crippen molar-refractivity contribution in [1.29, 1.82) is 0 Å². The zero-order chi connectivity index (χ0) is 22.7. The molecular weight excluding hydrogens is 422 g/mol. The van der Waals surface area contributed by atoms with Crippen molar-refractivity contribution in [3.8, 4) is 0 Å². The van der Waals surface area contributed by atoms with Crippen LogP contribution in [-0.2, 0) is 9.59 Å². The Kier molecular flexibility index (Phi) is 20.2. The third-order valence-electron chi connectivity index (χ3n) is 6.77. The van der Waals surface area contributed by atoms with Gasteiger partial charge in [0.05, 0.1) is 11.8 Å². The molecule has 0 saturated carbocycles. The van der Waals surface area contributed by atoms with Crippen molar-refractivity contribution in [2.24, 2.45) is 17.6 Å². The minimum atomic E-state index is -0.355. The number of amides is 2. The van der Waals surface area contributed by atoms with Crippen LogP contribution in [0.5, 0.6) is 0 Å². The molecule has 3 N–H and O–H groups in total. The van der Waals surface area contributed by atoms with E-state index in [1.54, 1.807) is 0 Å². The smallest absolute Gasteiger partial charge is 0.227 e. The zero-order valence-electron chi connectivity index (χ0n) is 21.0. The van der Waals surface area contributed by atoms with Gasteiger partial charge in [0.15, 0.2) is 0 Å². The maximum atomic E-state index is 13.2. The highest BCUT2D eigenvalue weighted by molar-refractivity contribution is 5.88. The molecule has 1 fully saturated rings. The Hall–Kier alpha value is -0.810. The highest BCUT2D eigenvalue weighted by Crippen LogP contribution is 2.21. The van der Waals surface area contributed by atoms with E-state index < -0.39 is 0 Å². The lowest BCUT2D eigenvalue weighted by Crippen LogP contribution is -2.43. The summed E-state index contributed by atoms with van der Waals surface area (Å²) in [6, 6.07) is 0. The first kappa shape index (κ1) is 31.2. The first-order valence-electron chi connectivity index (χ1n) is 13.4. The van der Waals surface area contributed by atoms with E-state index in [1.165, 1.54) is 89.9 Å². The van der Waals surface area contributed by atoms with E-state index in [9.17, 15) is 9.59 Å². The number of nitrogens with zero attached hydrogens (tertiary/aromatic N) is 1. The van der Waals surface area contributed by atoms with Gasteiger partial charge in [-0.15, -0.1) is 12.4 Å². The summed E-state index contributed by atoms with van der Waals surface area (Å²) in [7, 11) is 0. The lowest BCUT2D eigenvalue weighted by atomic mass is 9.93. The van der Waals surface area contributed by atoms with E-state index >= 15 is 0 Å². The van der Waals surface area contributed by atoms with Crippen molar-refractivity contribution in [1.82, 2.24) is 10.2 Å². The van der Waals surface area contributed by atoms with Crippen LogP contribution in [0.2, 0.25) is 0 Å². The molecule has 5 nitrogen and oxygen atoms in total. The molecule has 1 aliphatic heterocycles. The number of hydrogen-bond donors (Lipinski definition) is 2. The number of carbonyl (C=O) groups is 2. The van der Waals surface area contributed by atoms with Crippen LogP contribution in [-0.4, -0.2) is 42.9 Å². The summed E-state index contributed by atoms with van der Waals surface area (Å²) in [6.45, 7) is 7.27. The van der Waals surface area contributed by atoms with Crippen molar-refractivity contribution in [3.63, 3.8) is 0 Å². The second-order valence-electron chi connectivity index (χ2n) is 9.55. The van der Waals surface area contributed by atoms with Gasteiger partial charge in [-0.3, -0.25) is 9.59 Å². The summed E-state index contributed by atoms with van der Waals surface area (Å²) < 4.78 is 0. The molecule has 1 heterocycles. The minimum absolute atomic E-state index is 0. The van der Waals surface area contributed by atoms with Gasteiger partial charge in [0.1, 0.15) is 0 Å². The quantitative estimate of drug-likeness (QED) is 0.218. The topological polar surface area (TPSA) is 75.4 Å². The molecule has 6 heteroatoms. The molecule has 2 atom stereocenters. The molecule has 0 aliphatic carbocycles. The Morgan fingerprint density at radius 2 is 1.06 bits per heavy atom. The molecule has 2 unspecified atom stereocenters. The number of nitrogens with two attached hydrogens (primary N) is 1. The number of unbranched alkanes of at least 4 members (excludes halogenated alkanes) is 14. The van der Waals surface area contributed by atoms with Crippen molar-refractivity contribution >= 4 is 24.2 Å². The first-order valence-corrected chi connectivity index (χ1v) is 13.4. The van der Waals surface area contributed by atoms with Gasteiger partial charge in [-0.1, -0.05) is 104 Å². The van der Waals surface area contributed by atoms with Crippen LogP contribution in [0.25, 0.3) is 0 Å². The Morgan fingerprint density at radius 3 is 1.47 bits per heavy atom. The second-order valence-corrected chi connectivity index (χ2v) is 9.55. The van der Waals surface area contributed by atoms with Crippen molar-refractivity contribution < 1.29 is 9.59 Å². The highest BCUT2D eigenvalue weighted by atomic mass is 35.5. The van der Waals surface area contributed by atoms with Crippen LogP contribution in [0.1, 0.15) is 117 Å². The fourth-order valence-corrected chi connectivity index (χ4v) is 4.68. The number of carbonyl (C=O) groups excluding carboxylic acids is 2. The third kappa shape index (κ3) is 13.7. The van der Waals surface area contributed by atoms with Crippen LogP contribution in [0, 0.1) is 11.8 Å². The first-order chi connectivity index (χ1) is 15.1. The molecule has 0 aromatic carbocycles. The average molecular weight is 474 g/mol. The summed E-state index contributed by atoms with van der Waals surface area (Å²) in [6.07, 6.45) is 20.3. The van der Waals surface area contributed by atoms with E-state index in [0.717, 1.165) is 25.9 Å². The van der Waals surface area contributed by atoms with Crippen molar-refractivity contribution in [2.75, 3.05) is 26.2 Å². The average Bonchev–Trinajstić information content (AvgIpc) is 3.26. The lowest BCUT2D eigenvalue weighted by molar-refractivity contribution is -0.139. The standard InChI is InChI=1S/C26H51N3O2.ClH/c1-3-5-7-9-11-13-15-17-19-29(20-18-16-14-12-10-8-6-4-2)26(31)24-22-28-21-23(24)25(27)30;/h23-24,28H,3-22H2,1-2H3,(H2,27,30);1H. The third-order valence-corrected chi connectivity index (χ3v) is 6.77. The Balaban J connectivity index is 0.00000961. The molecule has 1 rings (SSSR count). The Bertz CT molecular complexity index is 456. The zero-order valence-corrected chi connectivity index (χ0v) is 21.9. The van der Waals surface area contributed by atoms with Gasteiger partial charge in [0.2, 0.25) is 11.8 Å². The van der Waals surface area contributed by atoms with Gasteiger partial charge in [-0.2, -0.15) is 0 Å². The maximum absolute atomic E-state index is 13.2. The van der Waals surface area contributed by atoms with E-state index in [0.29, 0.717) is 13.1 Å². The van der Waals surface area contributed by atoms with Gasteiger partial charge in [-0.05, 0) is 12.8 Å². The van der Waals surface area contributed by atoms with Crippen LogP contribution in [0.4, 0.5) is 0 Å². The number of hydrogen-bond acceptors (Lipinski definition) is 3. The van der Waals surface area contributed by atoms with Gasteiger partial charge in [0, 0.05) is 26.2 Å². The van der Waals surface area contributed by atoms with E-state index in [1.807, 2.05) is 4.90 Å². The number of rotatable bonds is 20. The second kappa shape index (κ2) is 20.8. The normalized spacial score (nSPS) is 17.8. The summed E-state index contributed by atoms with van der Waals surface area (Å²) in [5.74, 6) is -0.838. The molecule has 0 radical (unpaired) electrons. The largest absolute Gasteiger partial charge is 0.369 e. The molecular formula is C26H52ClN3O2. The van der Waals surface area contributed by atoms with E-state index in [4.69, 9.17) is 5.73 Å². The summed E-state index contributed by atoms with van der Waals surface area (Å²) in [5, 5.41) is 3.19. The fourth-order valence-electron chi connectivity index (χ4n) is 4.68. The predicted octanol–water partition coefficient (Wildman–Crippen LogP) is 5.84. The summed E-state index contributed by atoms with van der Waals surface area (Å²) in [4.78, 5) is 27.0. The molecule has 0 aromatic rings. The molecule has 0 aromatic heterocycles. The van der Waals surface area contributed by atoms with E-state index in [2.05, 4.69) is 19.2 Å². The Morgan fingerprint density at radius 1 is 0.688 bits per heavy atom. The molecule has 0 spiro atoms. The van der Waals surface area contributed by atoms with Crippen LogP contribution < -0.4 is 11.1 Å². The maximum Gasteiger partial charge on any atom is 0.227 e.